The van der Waals surface area contributed by atoms with Gasteiger partial charge in [0.15, 0.2) is 0 Å². The second-order valence-electron chi connectivity index (χ2n) is 7.08. The van der Waals surface area contributed by atoms with Crippen LogP contribution in [0.4, 0.5) is 5.69 Å². The standard InChI is InChI=1S/C19H27ClN4O2/c1-15-3-4-17(20)13-18(15)23-7-5-21(6-8-23)14-19(26)24-11-9-22(10-12-24)16(2)25/h3-4,13H,5-12,14H2,1-2H3. The fraction of sp³-hybridized carbons (Fsp3) is 0.579. The minimum atomic E-state index is 0.0875. The summed E-state index contributed by atoms with van der Waals surface area (Å²) in [6, 6.07) is 5.99. The van der Waals surface area contributed by atoms with Gasteiger partial charge < -0.3 is 14.7 Å². The molecule has 2 heterocycles. The van der Waals surface area contributed by atoms with E-state index in [4.69, 9.17) is 11.6 Å². The average Bonchev–Trinajstić information content (AvgIpc) is 2.64. The van der Waals surface area contributed by atoms with Gasteiger partial charge in [0.2, 0.25) is 11.8 Å². The van der Waals surface area contributed by atoms with Crippen molar-refractivity contribution in [2.24, 2.45) is 0 Å². The molecule has 0 saturated carbocycles. The maximum Gasteiger partial charge on any atom is 0.236 e. The zero-order valence-electron chi connectivity index (χ0n) is 15.6. The highest BCUT2D eigenvalue weighted by atomic mass is 35.5. The Labute approximate surface area is 160 Å². The Kier molecular flexibility index (Phi) is 6.04. The van der Waals surface area contributed by atoms with Gasteiger partial charge in [-0.05, 0) is 24.6 Å². The molecule has 0 unspecified atom stereocenters. The lowest BCUT2D eigenvalue weighted by atomic mass is 10.1. The molecule has 0 spiro atoms. The number of carbonyl (C=O) groups is 2. The summed E-state index contributed by atoms with van der Waals surface area (Å²) in [6.45, 7) is 10.2. The molecule has 3 rings (SSSR count). The molecule has 0 radical (unpaired) electrons. The Morgan fingerprint density at radius 1 is 0.962 bits per heavy atom. The molecular formula is C19H27ClN4O2. The van der Waals surface area contributed by atoms with E-state index in [1.165, 1.54) is 11.3 Å². The molecule has 6 nitrogen and oxygen atoms in total. The third-order valence-corrected chi connectivity index (χ3v) is 5.56. The molecule has 0 aromatic heterocycles. The molecule has 0 aliphatic carbocycles. The fourth-order valence-corrected chi connectivity index (χ4v) is 3.80. The van der Waals surface area contributed by atoms with Gasteiger partial charge in [0.25, 0.3) is 0 Å². The molecule has 2 aliphatic rings. The van der Waals surface area contributed by atoms with Gasteiger partial charge in [0.1, 0.15) is 0 Å². The predicted molar refractivity (Wildman–Crippen MR) is 104 cm³/mol. The maximum absolute atomic E-state index is 12.5. The summed E-state index contributed by atoms with van der Waals surface area (Å²) in [6.07, 6.45) is 0. The van der Waals surface area contributed by atoms with Gasteiger partial charge in [0, 0.05) is 70.0 Å². The van der Waals surface area contributed by atoms with Crippen molar-refractivity contribution in [3.05, 3.63) is 28.8 Å². The molecule has 2 saturated heterocycles. The number of hydrogen-bond acceptors (Lipinski definition) is 4. The molecule has 2 aliphatic heterocycles. The zero-order chi connectivity index (χ0) is 18.7. The lowest BCUT2D eigenvalue weighted by molar-refractivity contribution is -0.139. The number of amides is 2. The number of hydrogen-bond donors (Lipinski definition) is 0. The van der Waals surface area contributed by atoms with E-state index in [1.54, 1.807) is 11.8 Å². The zero-order valence-corrected chi connectivity index (χ0v) is 16.3. The van der Waals surface area contributed by atoms with Crippen molar-refractivity contribution in [3.8, 4) is 0 Å². The minimum absolute atomic E-state index is 0.0875. The Hall–Kier alpha value is -1.79. The Morgan fingerprint density at radius 3 is 2.19 bits per heavy atom. The van der Waals surface area contributed by atoms with Gasteiger partial charge in [-0.1, -0.05) is 17.7 Å². The number of aryl methyl sites for hydroxylation is 1. The summed E-state index contributed by atoms with van der Waals surface area (Å²) < 4.78 is 0. The van der Waals surface area contributed by atoms with E-state index in [0.29, 0.717) is 32.7 Å². The Bertz CT molecular complexity index is 666. The molecule has 0 atom stereocenters. The van der Waals surface area contributed by atoms with Crippen LogP contribution in [0, 0.1) is 6.92 Å². The van der Waals surface area contributed by atoms with E-state index in [2.05, 4.69) is 16.7 Å². The van der Waals surface area contributed by atoms with Gasteiger partial charge >= 0.3 is 0 Å². The van der Waals surface area contributed by atoms with Crippen molar-refractivity contribution in [2.75, 3.05) is 63.8 Å². The molecule has 1 aromatic rings. The Balaban J connectivity index is 1.47. The lowest BCUT2D eigenvalue weighted by Gasteiger charge is -2.38. The highest BCUT2D eigenvalue weighted by Gasteiger charge is 2.25. The number of halogens is 1. The Morgan fingerprint density at radius 2 is 1.58 bits per heavy atom. The summed E-state index contributed by atoms with van der Waals surface area (Å²) in [7, 11) is 0. The van der Waals surface area contributed by atoms with Crippen LogP contribution in [0.3, 0.4) is 0 Å². The van der Waals surface area contributed by atoms with Crippen LogP contribution in [0.5, 0.6) is 0 Å². The molecule has 1 aromatic carbocycles. The number of anilines is 1. The van der Waals surface area contributed by atoms with Gasteiger partial charge in [-0.2, -0.15) is 0 Å². The van der Waals surface area contributed by atoms with Crippen LogP contribution in [0.15, 0.2) is 18.2 Å². The summed E-state index contributed by atoms with van der Waals surface area (Å²) in [5.74, 6) is 0.255. The fourth-order valence-electron chi connectivity index (χ4n) is 3.63. The molecule has 7 heteroatoms. The molecule has 26 heavy (non-hydrogen) atoms. The van der Waals surface area contributed by atoms with Crippen LogP contribution < -0.4 is 4.90 Å². The molecule has 2 amide bonds. The summed E-state index contributed by atoms with van der Waals surface area (Å²) in [5.41, 5.74) is 2.41. The second kappa shape index (κ2) is 8.27. The highest BCUT2D eigenvalue weighted by Crippen LogP contribution is 2.25. The van der Waals surface area contributed by atoms with Crippen LogP contribution in [0.2, 0.25) is 5.02 Å². The molecule has 0 bridgehead atoms. The molecule has 0 N–H and O–H groups in total. The highest BCUT2D eigenvalue weighted by molar-refractivity contribution is 6.30. The molecule has 142 valence electrons. The summed E-state index contributed by atoms with van der Waals surface area (Å²) >= 11 is 6.14. The lowest BCUT2D eigenvalue weighted by Crippen LogP contribution is -2.54. The van der Waals surface area contributed by atoms with Crippen LogP contribution >= 0.6 is 11.6 Å². The SMILES string of the molecule is CC(=O)N1CCN(C(=O)CN2CCN(c3cc(Cl)ccc3C)CC2)CC1. The van der Waals surface area contributed by atoms with Gasteiger partial charge in [0.05, 0.1) is 6.54 Å². The topological polar surface area (TPSA) is 47.1 Å². The van der Waals surface area contributed by atoms with Crippen LogP contribution in [0.25, 0.3) is 0 Å². The number of benzene rings is 1. The molecular weight excluding hydrogens is 352 g/mol. The smallest absolute Gasteiger partial charge is 0.236 e. The van der Waals surface area contributed by atoms with Crippen molar-refractivity contribution < 1.29 is 9.59 Å². The minimum Gasteiger partial charge on any atom is -0.369 e. The van der Waals surface area contributed by atoms with E-state index in [1.807, 2.05) is 23.1 Å². The van der Waals surface area contributed by atoms with E-state index < -0.39 is 0 Å². The largest absolute Gasteiger partial charge is 0.369 e. The first-order valence-corrected chi connectivity index (χ1v) is 9.58. The predicted octanol–water partition coefficient (Wildman–Crippen LogP) is 1.46. The first-order valence-electron chi connectivity index (χ1n) is 9.21. The summed E-state index contributed by atoms with van der Waals surface area (Å²) in [5, 5.41) is 0.757. The number of rotatable bonds is 3. The van der Waals surface area contributed by atoms with Gasteiger partial charge in [-0.25, -0.2) is 0 Å². The normalized spacial score (nSPS) is 19.0. The van der Waals surface area contributed by atoms with Crippen molar-refractivity contribution >= 4 is 29.1 Å². The number of carbonyl (C=O) groups excluding carboxylic acids is 2. The summed E-state index contributed by atoms with van der Waals surface area (Å²) in [4.78, 5) is 32.2. The van der Waals surface area contributed by atoms with Crippen LogP contribution in [0.1, 0.15) is 12.5 Å². The number of piperazine rings is 2. The number of nitrogens with zero attached hydrogens (tertiary/aromatic N) is 4. The van der Waals surface area contributed by atoms with Crippen molar-refractivity contribution in [3.63, 3.8) is 0 Å². The van der Waals surface area contributed by atoms with E-state index in [-0.39, 0.29) is 11.8 Å². The van der Waals surface area contributed by atoms with Crippen LogP contribution in [-0.4, -0.2) is 85.4 Å². The first-order chi connectivity index (χ1) is 12.4. The molecule has 2 fully saturated rings. The van der Waals surface area contributed by atoms with Crippen LogP contribution in [-0.2, 0) is 9.59 Å². The van der Waals surface area contributed by atoms with Gasteiger partial charge in [-0.3, -0.25) is 14.5 Å². The van der Waals surface area contributed by atoms with E-state index in [0.717, 1.165) is 31.2 Å². The first kappa shape index (κ1) is 19.0. The van der Waals surface area contributed by atoms with Crippen molar-refractivity contribution in [1.29, 1.82) is 0 Å². The third-order valence-electron chi connectivity index (χ3n) is 5.32. The van der Waals surface area contributed by atoms with Gasteiger partial charge in [-0.15, -0.1) is 0 Å². The van der Waals surface area contributed by atoms with E-state index >= 15 is 0 Å². The van der Waals surface area contributed by atoms with E-state index in [9.17, 15) is 9.59 Å². The average molecular weight is 379 g/mol. The van der Waals surface area contributed by atoms with Crippen molar-refractivity contribution in [1.82, 2.24) is 14.7 Å². The quantitative estimate of drug-likeness (QED) is 0.799. The monoisotopic (exact) mass is 378 g/mol. The second-order valence-corrected chi connectivity index (χ2v) is 7.52. The van der Waals surface area contributed by atoms with Crippen molar-refractivity contribution in [2.45, 2.75) is 13.8 Å². The maximum atomic E-state index is 12.5. The third kappa shape index (κ3) is 4.48.